The number of piperidine rings is 1. The molecular weight excluding hydrogens is 380 g/mol. The molecule has 1 aliphatic carbocycles. The topological polar surface area (TPSA) is 76.6 Å². The van der Waals surface area contributed by atoms with Crippen molar-refractivity contribution in [1.82, 2.24) is 15.3 Å². The van der Waals surface area contributed by atoms with E-state index < -0.39 is 0 Å². The molecule has 2 heterocycles. The number of aryl methyl sites for hydroxylation is 3. The molecule has 1 aliphatic heterocycles. The van der Waals surface area contributed by atoms with Crippen molar-refractivity contribution in [1.29, 1.82) is 0 Å². The number of hydrogen-bond acceptors (Lipinski definition) is 6. The molecule has 2 aromatic rings. The highest BCUT2D eigenvalue weighted by atomic mass is 16.5. The van der Waals surface area contributed by atoms with Gasteiger partial charge in [0.1, 0.15) is 0 Å². The zero-order valence-electron chi connectivity index (χ0n) is 18.2. The monoisotopic (exact) mass is 410 g/mol. The molecule has 1 N–H and O–H groups in total. The van der Waals surface area contributed by atoms with Crippen molar-refractivity contribution >= 4 is 11.9 Å². The maximum atomic E-state index is 13.1. The van der Waals surface area contributed by atoms with Crippen LogP contribution >= 0.6 is 0 Å². The first-order chi connectivity index (χ1) is 14.5. The first kappa shape index (κ1) is 20.4. The average Bonchev–Trinajstić information content (AvgIpc) is 3.13. The van der Waals surface area contributed by atoms with Gasteiger partial charge in [0.25, 0.3) is 0 Å². The van der Waals surface area contributed by atoms with Crippen LogP contribution < -0.4 is 19.7 Å². The van der Waals surface area contributed by atoms with Gasteiger partial charge in [-0.15, -0.1) is 0 Å². The maximum Gasteiger partial charge on any atom is 0.225 e. The molecule has 0 saturated carbocycles. The average molecular weight is 411 g/mol. The van der Waals surface area contributed by atoms with Gasteiger partial charge in [0.2, 0.25) is 11.9 Å². The van der Waals surface area contributed by atoms with Gasteiger partial charge < -0.3 is 19.7 Å². The Morgan fingerprint density at radius 3 is 2.47 bits per heavy atom. The van der Waals surface area contributed by atoms with Crippen LogP contribution in [0, 0.1) is 19.8 Å². The summed E-state index contributed by atoms with van der Waals surface area (Å²) in [6, 6.07) is 6.02. The number of amides is 1. The molecule has 0 unspecified atom stereocenters. The molecule has 2 aliphatic rings. The van der Waals surface area contributed by atoms with Crippen molar-refractivity contribution in [3.63, 3.8) is 0 Å². The van der Waals surface area contributed by atoms with Crippen molar-refractivity contribution in [2.75, 3.05) is 32.2 Å². The SMILES string of the molecule is COc1cc2c(cc1OC)[C@H](NC(=O)[C@@H]1CCCN(c3nc(C)cc(C)n3)C1)CC2. The molecule has 1 aromatic carbocycles. The second-order valence-corrected chi connectivity index (χ2v) is 8.24. The van der Waals surface area contributed by atoms with E-state index in [4.69, 9.17) is 9.47 Å². The van der Waals surface area contributed by atoms with Gasteiger partial charge in [-0.3, -0.25) is 4.79 Å². The van der Waals surface area contributed by atoms with Crippen LogP contribution in [-0.4, -0.2) is 43.2 Å². The second kappa shape index (κ2) is 8.50. The zero-order valence-corrected chi connectivity index (χ0v) is 18.2. The third-order valence-corrected chi connectivity index (χ3v) is 6.09. The van der Waals surface area contributed by atoms with E-state index in [2.05, 4.69) is 20.2 Å². The third kappa shape index (κ3) is 4.06. The Balaban J connectivity index is 1.46. The van der Waals surface area contributed by atoms with Crippen LogP contribution in [0.25, 0.3) is 0 Å². The minimum Gasteiger partial charge on any atom is -0.493 e. The van der Waals surface area contributed by atoms with E-state index in [1.165, 1.54) is 5.56 Å². The summed E-state index contributed by atoms with van der Waals surface area (Å²) in [5, 5.41) is 3.29. The maximum absolute atomic E-state index is 13.1. The standard InChI is InChI=1S/C23H30N4O3/c1-14-10-15(2)25-23(24-14)27-9-5-6-17(13-27)22(28)26-19-8-7-16-11-20(29-3)21(30-4)12-18(16)19/h10-12,17,19H,5-9,13H2,1-4H3,(H,26,28)/t17-,19-/m1/s1. The number of nitrogens with one attached hydrogen (secondary N) is 1. The summed E-state index contributed by atoms with van der Waals surface area (Å²) in [7, 11) is 3.28. The van der Waals surface area contributed by atoms with Crippen LogP contribution in [0.1, 0.15) is 47.8 Å². The summed E-state index contributed by atoms with van der Waals surface area (Å²) in [5.74, 6) is 2.21. The Morgan fingerprint density at radius 1 is 1.07 bits per heavy atom. The number of nitrogens with zero attached hydrogens (tertiary/aromatic N) is 3. The Kier molecular flexibility index (Phi) is 5.79. The van der Waals surface area contributed by atoms with Crippen LogP contribution in [-0.2, 0) is 11.2 Å². The van der Waals surface area contributed by atoms with Crippen LogP contribution in [0.15, 0.2) is 18.2 Å². The summed E-state index contributed by atoms with van der Waals surface area (Å²) < 4.78 is 10.9. The summed E-state index contributed by atoms with van der Waals surface area (Å²) in [6.45, 7) is 5.50. The molecule has 1 fully saturated rings. The minimum absolute atomic E-state index is 0.0140. The Labute approximate surface area is 177 Å². The smallest absolute Gasteiger partial charge is 0.225 e. The predicted molar refractivity (Wildman–Crippen MR) is 115 cm³/mol. The summed E-state index contributed by atoms with van der Waals surface area (Å²) in [4.78, 5) is 24.4. The van der Waals surface area contributed by atoms with Crippen LogP contribution in [0.2, 0.25) is 0 Å². The fourth-order valence-electron chi connectivity index (χ4n) is 4.59. The number of anilines is 1. The van der Waals surface area contributed by atoms with Crippen LogP contribution in [0.3, 0.4) is 0 Å². The molecule has 160 valence electrons. The fraction of sp³-hybridized carbons (Fsp3) is 0.522. The quantitative estimate of drug-likeness (QED) is 0.816. The highest BCUT2D eigenvalue weighted by Gasteiger charge is 2.31. The molecule has 0 spiro atoms. The first-order valence-electron chi connectivity index (χ1n) is 10.6. The van der Waals surface area contributed by atoms with Crippen molar-refractivity contribution in [2.45, 2.75) is 45.6 Å². The van der Waals surface area contributed by atoms with Gasteiger partial charge in [0.15, 0.2) is 11.5 Å². The van der Waals surface area contributed by atoms with Crippen LogP contribution in [0.5, 0.6) is 11.5 Å². The van der Waals surface area contributed by atoms with Crippen molar-refractivity contribution in [3.8, 4) is 11.5 Å². The van der Waals surface area contributed by atoms with E-state index in [0.717, 1.165) is 60.9 Å². The zero-order chi connectivity index (χ0) is 21.3. The first-order valence-corrected chi connectivity index (χ1v) is 10.6. The molecule has 7 nitrogen and oxygen atoms in total. The lowest BCUT2D eigenvalue weighted by Crippen LogP contribution is -2.44. The molecule has 1 saturated heterocycles. The number of hydrogen-bond donors (Lipinski definition) is 1. The van der Waals surface area contributed by atoms with E-state index in [0.29, 0.717) is 12.3 Å². The number of methoxy groups -OCH3 is 2. The molecule has 2 atom stereocenters. The van der Waals surface area contributed by atoms with Gasteiger partial charge in [0.05, 0.1) is 26.2 Å². The lowest BCUT2D eigenvalue weighted by Gasteiger charge is -2.33. The highest BCUT2D eigenvalue weighted by molar-refractivity contribution is 5.80. The van der Waals surface area contributed by atoms with Gasteiger partial charge >= 0.3 is 0 Å². The largest absolute Gasteiger partial charge is 0.493 e. The van der Waals surface area contributed by atoms with E-state index in [1.54, 1.807) is 14.2 Å². The molecule has 0 radical (unpaired) electrons. The van der Waals surface area contributed by atoms with Crippen molar-refractivity contribution in [3.05, 3.63) is 40.7 Å². The Morgan fingerprint density at radius 2 is 1.77 bits per heavy atom. The normalized spacial score (nSPS) is 20.6. The molecule has 30 heavy (non-hydrogen) atoms. The van der Waals surface area contributed by atoms with Gasteiger partial charge in [-0.1, -0.05) is 0 Å². The Hall–Kier alpha value is -2.83. The second-order valence-electron chi connectivity index (χ2n) is 8.24. The fourth-order valence-corrected chi connectivity index (χ4v) is 4.59. The van der Waals surface area contributed by atoms with E-state index in [1.807, 2.05) is 32.0 Å². The van der Waals surface area contributed by atoms with Crippen molar-refractivity contribution in [2.24, 2.45) is 5.92 Å². The minimum atomic E-state index is -0.0626. The van der Waals surface area contributed by atoms with E-state index in [9.17, 15) is 4.79 Å². The van der Waals surface area contributed by atoms with Gasteiger partial charge in [0, 0.05) is 24.5 Å². The number of rotatable bonds is 5. The predicted octanol–water partition coefficient (Wildman–Crippen LogP) is 3.13. The number of ether oxygens (including phenoxy) is 2. The number of carbonyl (C=O) groups excluding carboxylic acids is 1. The van der Waals surface area contributed by atoms with Crippen molar-refractivity contribution < 1.29 is 14.3 Å². The summed E-state index contributed by atoms with van der Waals surface area (Å²) in [6.07, 6.45) is 3.67. The van der Waals surface area contributed by atoms with Gasteiger partial charge in [-0.25, -0.2) is 9.97 Å². The molecule has 4 rings (SSSR count). The number of aromatic nitrogens is 2. The number of carbonyl (C=O) groups is 1. The summed E-state index contributed by atoms with van der Waals surface area (Å²) >= 11 is 0. The van der Waals surface area contributed by atoms with Gasteiger partial charge in [-0.05, 0) is 68.9 Å². The number of fused-ring (bicyclic) bond motifs is 1. The number of benzene rings is 1. The lowest BCUT2D eigenvalue weighted by molar-refractivity contribution is -0.126. The Bertz CT molecular complexity index is 926. The lowest BCUT2D eigenvalue weighted by atomic mass is 9.96. The van der Waals surface area contributed by atoms with Crippen LogP contribution in [0.4, 0.5) is 5.95 Å². The van der Waals surface area contributed by atoms with E-state index >= 15 is 0 Å². The molecule has 7 heteroatoms. The summed E-state index contributed by atoms with van der Waals surface area (Å²) in [5.41, 5.74) is 4.25. The molecule has 1 amide bonds. The third-order valence-electron chi connectivity index (χ3n) is 6.09. The van der Waals surface area contributed by atoms with E-state index in [-0.39, 0.29) is 17.9 Å². The molecule has 0 bridgehead atoms. The molecular formula is C23H30N4O3. The highest BCUT2D eigenvalue weighted by Crippen LogP contribution is 2.39. The van der Waals surface area contributed by atoms with Gasteiger partial charge in [-0.2, -0.15) is 0 Å². The molecule has 1 aromatic heterocycles.